The maximum absolute atomic E-state index is 4.29. The largest absolute Gasteiger partial charge is 0.316 e. The monoisotopic (exact) mass is 211 g/mol. The molecule has 0 bridgehead atoms. The lowest BCUT2D eigenvalue weighted by Crippen LogP contribution is -2.09. The van der Waals surface area contributed by atoms with Gasteiger partial charge in [-0.15, -0.1) is 0 Å². The number of nitrogens with zero attached hydrogens (tertiary/aromatic N) is 2. The lowest BCUT2D eigenvalue weighted by Gasteiger charge is -2.15. The van der Waals surface area contributed by atoms with Gasteiger partial charge < -0.3 is 5.32 Å². The molecule has 0 amide bonds. The molecule has 0 spiro atoms. The minimum Gasteiger partial charge on any atom is -0.316 e. The van der Waals surface area contributed by atoms with Gasteiger partial charge in [0.15, 0.2) is 5.16 Å². The molecule has 14 heavy (non-hydrogen) atoms. The maximum Gasteiger partial charge on any atom is 0.187 e. The maximum atomic E-state index is 4.29. The number of aromatic nitrogens is 2. The summed E-state index contributed by atoms with van der Waals surface area (Å²) >= 11 is 1.68. The fraction of sp³-hybridized carbons (Fsp3) is 0.600. The minimum atomic E-state index is 0.171. The van der Waals surface area contributed by atoms with E-state index >= 15 is 0 Å². The molecule has 1 aromatic heterocycles. The molecule has 78 valence electrons. The van der Waals surface area contributed by atoms with Crippen LogP contribution in [0.2, 0.25) is 0 Å². The van der Waals surface area contributed by atoms with Crippen LogP contribution in [0.5, 0.6) is 0 Å². The van der Waals surface area contributed by atoms with Crippen molar-refractivity contribution in [2.45, 2.75) is 37.2 Å². The Morgan fingerprint density at radius 3 is 2.29 bits per heavy atom. The zero-order valence-corrected chi connectivity index (χ0v) is 9.98. The van der Waals surface area contributed by atoms with Gasteiger partial charge in [0.05, 0.1) is 0 Å². The molecule has 0 unspecified atom stereocenters. The van der Waals surface area contributed by atoms with Gasteiger partial charge in [-0.1, -0.05) is 32.5 Å². The van der Waals surface area contributed by atoms with Crippen molar-refractivity contribution >= 4 is 11.8 Å². The molecular weight excluding hydrogens is 194 g/mol. The quantitative estimate of drug-likeness (QED) is 0.613. The number of rotatable bonds is 3. The summed E-state index contributed by atoms with van der Waals surface area (Å²) in [6.45, 7) is 7.29. The first-order valence-electron chi connectivity index (χ1n) is 4.66. The van der Waals surface area contributed by atoms with Gasteiger partial charge in [0.2, 0.25) is 0 Å². The van der Waals surface area contributed by atoms with E-state index < -0.39 is 0 Å². The Balaban J connectivity index is 2.64. The molecule has 0 saturated heterocycles. The molecule has 1 N–H and O–H groups in total. The lowest BCUT2D eigenvalue weighted by atomic mass is 10.3. The third kappa shape index (κ3) is 4.07. The van der Waals surface area contributed by atoms with Crippen LogP contribution in [0.4, 0.5) is 0 Å². The van der Waals surface area contributed by atoms with Crippen LogP contribution in [-0.2, 0) is 6.54 Å². The number of hydrogen-bond acceptors (Lipinski definition) is 4. The van der Waals surface area contributed by atoms with Crippen LogP contribution < -0.4 is 5.32 Å². The normalized spacial score (nSPS) is 11.7. The lowest BCUT2D eigenvalue weighted by molar-refractivity contribution is 0.776. The third-order valence-electron chi connectivity index (χ3n) is 1.46. The molecule has 0 saturated carbocycles. The predicted octanol–water partition coefficient (Wildman–Crippen LogP) is 2.09. The number of nitrogens with one attached hydrogen (secondary N) is 1. The first-order chi connectivity index (χ1) is 6.51. The van der Waals surface area contributed by atoms with Crippen molar-refractivity contribution in [3.8, 4) is 0 Å². The van der Waals surface area contributed by atoms with E-state index in [1.54, 1.807) is 11.8 Å². The van der Waals surface area contributed by atoms with E-state index in [0.717, 1.165) is 17.3 Å². The van der Waals surface area contributed by atoms with Crippen LogP contribution in [0.25, 0.3) is 0 Å². The highest BCUT2D eigenvalue weighted by molar-refractivity contribution is 8.00. The van der Waals surface area contributed by atoms with Gasteiger partial charge in [-0.05, 0) is 7.05 Å². The molecule has 0 aliphatic carbocycles. The summed E-state index contributed by atoms with van der Waals surface area (Å²) in [5, 5.41) is 3.91. The molecule has 1 heterocycles. The second-order valence-corrected chi connectivity index (χ2v) is 5.91. The van der Waals surface area contributed by atoms with Gasteiger partial charge in [0, 0.05) is 29.2 Å². The molecule has 0 aliphatic rings. The molecule has 1 rings (SSSR count). The second kappa shape index (κ2) is 4.75. The second-order valence-electron chi connectivity index (χ2n) is 4.12. The van der Waals surface area contributed by atoms with E-state index in [9.17, 15) is 0 Å². The molecule has 3 nitrogen and oxygen atoms in total. The SMILES string of the molecule is CNCc1cnc(SC(C)(C)C)nc1. The first-order valence-corrected chi connectivity index (χ1v) is 5.47. The number of thioether (sulfide) groups is 1. The Labute approximate surface area is 89.7 Å². The van der Waals surface area contributed by atoms with E-state index in [2.05, 4.69) is 36.1 Å². The summed E-state index contributed by atoms with van der Waals surface area (Å²) in [4.78, 5) is 8.59. The van der Waals surface area contributed by atoms with Crippen molar-refractivity contribution in [1.82, 2.24) is 15.3 Å². The van der Waals surface area contributed by atoms with E-state index in [-0.39, 0.29) is 4.75 Å². The van der Waals surface area contributed by atoms with Crippen molar-refractivity contribution in [2.75, 3.05) is 7.05 Å². The van der Waals surface area contributed by atoms with Crippen molar-refractivity contribution in [3.05, 3.63) is 18.0 Å². The van der Waals surface area contributed by atoms with Crippen molar-refractivity contribution < 1.29 is 0 Å². The van der Waals surface area contributed by atoms with Crippen LogP contribution in [0.15, 0.2) is 17.6 Å². The Bertz CT molecular complexity index is 276. The van der Waals surface area contributed by atoms with Gasteiger partial charge >= 0.3 is 0 Å². The van der Waals surface area contributed by atoms with Gasteiger partial charge in [-0.2, -0.15) is 0 Å². The Morgan fingerprint density at radius 1 is 1.29 bits per heavy atom. The first kappa shape index (κ1) is 11.5. The molecule has 0 aliphatic heterocycles. The zero-order chi connectivity index (χ0) is 10.6. The average molecular weight is 211 g/mol. The average Bonchev–Trinajstić information content (AvgIpc) is 2.06. The highest BCUT2D eigenvalue weighted by Crippen LogP contribution is 2.28. The van der Waals surface area contributed by atoms with Gasteiger partial charge in [-0.3, -0.25) is 0 Å². The van der Waals surface area contributed by atoms with Crippen molar-refractivity contribution in [2.24, 2.45) is 0 Å². The number of hydrogen-bond donors (Lipinski definition) is 1. The van der Waals surface area contributed by atoms with Crippen molar-refractivity contribution in [1.29, 1.82) is 0 Å². The highest BCUT2D eigenvalue weighted by atomic mass is 32.2. The third-order valence-corrected chi connectivity index (χ3v) is 2.47. The van der Waals surface area contributed by atoms with Crippen LogP contribution in [-0.4, -0.2) is 21.8 Å². The summed E-state index contributed by atoms with van der Waals surface area (Å²) in [6.07, 6.45) is 3.75. The molecule has 0 radical (unpaired) electrons. The molecule has 0 aromatic carbocycles. The van der Waals surface area contributed by atoms with Gasteiger partial charge in [0.1, 0.15) is 0 Å². The van der Waals surface area contributed by atoms with E-state index in [1.807, 2.05) is 19.4 Å². The van der Waals surface area contributed by atoms with E-state index in [4.69, 9.17) is 0 Å². The Morgan fingerprint density at radius 2 is 1.86 bits per heavy atom. The molecule has 0 atom stereocenters. The fourth-order valence-corrected chi connectivity index (χ4v) is 1.72. The Hall–Kier alpha value is -0.610. The van der Waals surface area contributed by atoms with E-state index in [1.165, 1.54) is 0 Å². The minimum absolute atomic E-state index is 0.171. The van der Waals surface area contributed by atoms with Crippen LogP contribution >= 0.6 is 11.8 Å². The highest BCUT2D eigenvalue weighted by Gasteiger charge is 2.13. The standard InChI is InChI=1S/C10H17N3S/c1-10(2,3)14-9-12-6-8(5-11-4)7-13-9/h6-7,11H,5H2,1-4H3. The predicted molar refractivity (Wildman–Crippen MR) is 60.4 cm³/mol. The molecular formula is C10H17N3S. The molecule has 1 aromatic rings. The summed E-state index contributed by atoms with van der Waals surface area (Å²) in [5.41, 5.74) is 1.12. The van der Waals surface area contributed by atoms with Crippen LogP contribution in [0.1, 0.15) is 26.3 Å². The molecule has 4 heteroatoms. The Kier molecular flexibility index (Phi) is 3.89. The molecule has 0 fully saturated rings. The summed E-state index contributed by atoms with van der Waals surface area (Å²) in [6, 6.07) is 0. The van der Waals surface area contributed by atoms with Crippen LogP contribution in [0, 0.1) is 0 Å². The van der Waals surface area contributed by atoms with Gasteiger partial charge in [0.25, 0.3) is 0 Å². The summed E-state index contributed by atoms with van der Waals surface area (Å²) in [5.74, 6) is 0. The summed E-state index contributed by atoms with van der Waals surface area (Å²) in [7, 11) is 1.91. The van der Waals surface area contributed by atoms with Gasteiger partial charge in [-0.25, -0.2) is 9.97 Å². The van der Waals surface area contributed by atoms with Crippen molar-refractivity contribution in [3.63, 3.8) is 0 Å². The van der Waals surface area contributed by atoms with Crippen LogP contribution in [0.3, 0.4) is 0 Å². The summed E-state index contributed by atoms with van der Waals surface area (Å²) < 4.78 is 0.171. The smallest absolute Gasteiger partial charge is 0.187 e. The van der Waals surface area contributed by atoms with E-state index in [0.29, 0.717) is 0 Å². The zero-order valence-electron chi connectivity index (χ0n) is 9.16. The topological polar surface area (TPSA) is 37.8 Å². The fourth-order valence-electron chi connectivity index (χ4n) is 0.965.